The van der Waals surface area contributed by atoms with Gasteiger partial charge < -0.3 is 15.3 Å². The molecule has 0 saturated carbocycles. The number of pyridine rings is 2. The van der Waals surface area contributed by atoms with Gasteiger partial charge in [0.2, 0.25) is 0 Å². The minimum atomic E-state index is 0.170. The molecule has 0 radical (unpaired) electrons. The van der Waals surface area contributed by atoms with Gasteiger partial charge in [-0.3, -0.25) is 4.68 Å². The number of phenolic OH excluding ortho intramolecular Hbond substituents is 1. The number of hydrogen-bond donors (Lipinski definition) is 2. The zero-order chi connectivity index (χ0) is 20.1. The maximum absolute atomic E-state index is 10.5. The summed E-state index contributed by atoms with van der Waals surface area (Å²) in [6.45, 7) is 6.33. The number of piperazine rings is 1. The highest BCUT2D eigenvalue weighted by Gasteiger charge is 2.21. The summed E-state index contributed by atoms with van der Waals surface area (Å²) in [6.07, 6.45) is 3.83. The molecule has 29 heavy (non-hydrogen) atoms. The lowest BCUT2D eigenvalue weighted by Crippen LogP contribution is -2.54. The molecule has 5 rings (SSSR count). The summed E-state index contributed by atoms with van der Waals surface area (Å²) in [7, 11) is 1.87. The molecule has 1 aliphatic rings. The number of nitrogens with zero attached hydrogens (tertiary/aromatic N) is 5. The van der Waals surface area contributed by atoms with Crippen molar-refractivity contribution in [3.8, 4) is 17.0 Å². The van der Waals surface area contributed by atoms with Gasteiger partial charge in [-0.05, 0) is 38.1 Å². The Bertz CT molecular complexity index is 1210. The van der Waals surface area contributed by atoms with Gasteiger partial charge in [-0.1, -0.05) is 0 Å². The van der Waals surface area contributed by atoms with Gasteiger partial charge in [0, 0.05) is 60.8 Å². The fourth-order valence-electron chi connectivity index (χ4n) is 4.25. The molecule has 2 atom stereocenters. The van der Waals surface area contributed by atoms with E-state index in [4.69, 9.17) is 4.98 Å². The van der Waals surface area contributed by atoms with Crippen LogP contribution in [0.1, 0.15) is 13.8 Å². The Hall–Kier alpha value is -3.19. The summed E-state index contributed by atoms with van der Waals surface area (Å²) in [4.78, 5) is 11.7. The van der Waals surface area contributed by atoms with Crippen LogP contribution < -0.4 is 10.2 Å². The van der Waals surface area contributed by atoms with Crippen molar-refractivity contribution in [2.75, 3.05) is 18.0 Å². The highest BCUT2D eigenvalue weighted by atomic mass is 16.3. The quantitative estimate of drug-likeness (QED) is 0.549. The first kappa shape index (κ1) is 17.9. The number of aryl methyl sites for hydroxylation is 1. The zero-order valence-corrected chi connectivity index (χ0v) is 16.8. The van der Waals surface area contributed by atoms with E-state index in [9.17, 15) is 5.11 Å². The van der Waals surface area contributed by atoms with Crippen molar-refractivity contribution in [1.29, 1.82) is 0 Å². The molecule has 148 valence electrons. The summed E-state index contributed by atoms with van der Waals surface area (Å²) in [5.74, 6) is 0.170. The van der Waals surface area contributed by atoms with Gasteiger partial charge in [0.15, 0.2) is 5.65 Å². The maximum atomic E-state index is 10.5. The summed E-state index contributed by atoms with van der Waals surface area (Å²) >= 11 is 0. The Morgan fingerprint density at radius 1 is 1.07 bits per heavy atom. The lowest BCUT2D eigenvalue weighted by atomic mass is 10.1. The number of fused-ring (bicyclic) bond motifs is 2. The standard InChI is InChI=1S/C22H24N6O/c1-13-10-28(11-14(2)24-13)17-6-15-4-5-19(25-22(15)23-9-17)18-7-16-12-27(3)26-20(16)8-21(18)29/h4-9,12-14,24,29H,10-11H2,1-3H3/t13-,14+. The minimum Gasteiger partial charge on any atom is -0.507 e. The molecular weight excluding hydrogens is 364 g/mol. The highest BCUT2D eigenvalue weighted by Crippen LogP contribution is 2.33. The molecule has 2 N–H and O–H groups in total. The number of aromatic hydroxyl groups is 1. The molecule has 4 aromatic rings. The molecule has 0 aliphatic carbocycles. The number of phenols is 1. The Labute approximate surface area is 169 Å². The summed E-state index contributed by atoms with van der Waals surface area (Å²) in [5.41, 5.74) is 3.94. The molecular formula is C22H24N6O. The summed E-state index contributed by atoms with van der Waals surface area (Å²) in [6, 6.07) is 10.6. The van der Waals surface area contributed by atoms with Crippen LogP contribution in [0.3, 0.4) is 0 Å². The van der Waals surface area contributed by atoms with E-state index in [1.807, 2.05) is 37.6 Å². The van der Waals surface area contributed by atoms with Crippen LogP contribution in [0.4, 0.5) is 5.69 Å². The molecule has 0 unspecified atom stereocenters. The Morgan fingerprint density at radius 2 is 1.86 bits per heavy atom. The average Bonchev–Trinajstić information content (AvgIpc) is 3.04. The van der Waals surface area contributed by atoms with Crippen LogP contribution in [0.15, 0.2) is 42.7 Å². The molecule has 3 aromatic heterocycles. The van der Waals surface area contributed by atoms with Gasteiger partial charge in [0.1, 0.15) is 5.75 Å². The predicted octanol–water partition coefficient (Wildman–Crippen LogP) is 3.08. The molecule has 1 aliphatic heterocycles. The monoisotopic (exact) mass is 388 g/mol. The second-order valence-electron chi connectivity index (χ2n) is 8.04. The molecule has 0 bridgehead atoms. The van der Waals surface area contributed by atoms with Crippen LogP contribution in [0.5, 0.6) is 5.75 Å². The van der Waals surface area contributed by atoms with Crippen LogP contribution in [-0.4, -0.2) is 50.0 Å². The van der Waals surface area contributed by atoms with Crippen molar-refractivity contribution in [2.24, 2.45) is 7.05 Å². The topological polar surface area (TPSA) is 79.1 Å². The highest BCUT2D eigenvalue weighted by molar-refractivity contribution is 5.89. The van der Waals surface area contributed by atoms with E-state index in [1.165, 1.54) is 0 Å². The number of hydrogen-bond acceptors (Lipinski definition) is 6. The fourth-order valence-corrected chi connectivity index (χ4v) is 4.25. The first-order chi connectivity index (χ1) is 14.0. The van der Waals surface area contributed by atoms with E-state index in [0.717, 1.165) is 35.1 Å². The lowest BCUT2D eigenvalue weighted by molar-refractivity contribution is 0.407. The summed E-state index contributed by atoms with van der Waals surface area (Å²) < 4.78 is 1.74. The molecule has 7 heteroatoms. The van der Waals surface area contributed by atoms with E-state index < -0.39 is 0 Å². The molecule has 0 amide bonds. The Morgan fingerprint density at radius 3 is 2.66 bits per heavy atom. The number of anilines is 1. The molecule has 1 aromatic carbocycles. The van der Waals surface area contributed by atoms with Gasteiger partial charge in [0.25, 0.3) is 0 Å². The first-order valence-electron chi connectivity index (χ1n) is 9.91. The van der Waals surface area contributed by atoms with E-state index in [1.54, 1.807) is 10.7 Å². The van der Waals surface area contributed by atoms with Crippen molar-refractivity contribution >= 4 is 27.6 Å². The smallest absolute Gasteiger partial charge is 0.159 e. The van der Waals surface area contributed by atoms with Gasteiger partial charge in [-0.25, -0.2) is 9.97 Å². The molecule has 1 fully saturated rings. The molecule has 7 nitrogen and oxygen atoms in total. The normalized spacial score (nSPS) is 19.9. The van der Waals surface area contributed by atoms with Crippen molar-refractivity contribution in [3.63, 3.8) is 0 Å². The fraction of sp³-hybridized carbons (Fsp3) is 0.318. The molecule has 4 heterocycles. The van der Waals surface area contributed by atoms with E-state index >= 15 is 0 Å². The predicted molar refractivity (Wildman–Crippen MR) is 115 cm³/mol. The summed E-state index contributed by atoms with van der Waals surface area (Å²) in [5, 5.41) is 20.3. The third-order valence-electron chi connectivity index (χ3n) is 5.46. The van der Waals surface area contributed by atoms with E-state index in [-0.39, 0.29) is 5.75 Å². The van der Waals surface area contributed by atoms with Gasteiger partial charge in [-0.2, -0.15) is 5.10 Å². The van der Waals surface area contributed by atoms with Crippen molar-refractivity contribution < 1.29 is 5.11 Å². The van der Waals surface area contributed by atoms with Crippen LogP contribution in [0.25, 0.3) is 33.2 Å². The number of aromatic nitrogens is 4. The van der Waals surface area contributed by atoms with E-state index in [2.05, 4.69) is 40.2 Å². The van der Waals surface area contributed by atoms with Crippen LogP contribution in [0.2, 0.25) is 0 Å². The third-order valence-corrected chi connectivity index (χ3v) is 5.46. The van der Waals surface area contributed by atoms with Crippen molar-refractivity contribution in [2.45, 2.75) is 25.9 Å². The van der Waals surface area contributed by atoms with E-state index in [0.29, 0.717) is 29.0 Å². The second-order valence-corrected chi connectivity index (χ2v) is 8.04. The van der Waals surface area contributed by atoms with Crippen LogP contribution in [-0.2, 0) is 7.05 Å². The average molecular weight is 388 g/mol. The zero-order valence-electron chi connectivity index (χ0n) is 16.8. The van der Waals surface area contributed by atoms with Crippen molar-refractivity contribution in [1.82, 2.24) is 25.1 Å². The number of benzene rings is 1. The SMILES string of the molecule is C[C@@H]1CN(c2cnc3nc(-c4cc5cn(C)nc5cc4O)ccc3c2)C[C@H](C)N1. The second kappa shape index (κ2) is 6.70. The number of nitrogens with one attached hydrogen (secondary N) is 1. The van der Waals surface area contributed by atoms with Crippen LogP contribution in [0, 0.1) is 0 Å². The Kier molecular flexibility index (Phi) is 4.13. The first-order valence-corrected chi connectivity index (χ1v) is 9.91. The Balaban J connectivity index is 1.52. The maximum Gasteiger partial charge on any atom is 0.159 e. The van der Waals surface area contributed by atoms with Crippen molar-refractivity contribution in [3.05, 3.63) is 42.7 Å². The minimum absolute atomic E-state index is 0.170. The van der Waals surface area contributed by atoms with Crippen LogP contribution >= 0.6 is 0 Å². The van der Waals surface area contributed by atoms with Gasteiger partial charge >= 0.3 is 0 Å². The molecule has 0 spiro atoms. The largest absolute Gasteiger partial charge is 0.507 e. The number of rotatable bonds is 2. The van der Waals surface area contributed by atoms with Gasteiger partial charge in [0.05, 0.1) is 23.1 Å². The lowest BCUT2D eigenvalue weighted by Gasteiger charge is -2.37. The third kappa shape index (κ3) is 3.27. The molecule has 1 saturated heterocycles. The van der Waals surface area contributed by atoms with Gasteiger partial charge in [-0.15, -0.1) is 0 Å².